The van der Waals surface area contributed by atoms with Crippen LogP contribution in [-0.4, -0.2) is 0 Å². The lowest BCUT2D eigenvalue weighted by Crippen LogP contribution is -2.03. The minimum Gasteiger partial charge on any atom is -0.166 e. The summed E-state index contributed by atoms with van der Waals surface area (Å²) in [6.45, 7) is 10.4. The number of hydrogen-bond donors (Lipinski definition) is 0. The van der Waals surface area contributed by atoms with Crippen molar-refractivity contribution >= 4 is 0 Å². The molecular formula is C18H31F3. The summed E-state index contributed by atoms with van der Waals surface area (Å²) in [5.74, 6) is 1.04. The van der Waals surface area contributed by atoms with Gasteiger partial charge in [0, 0.05) is 0 Å². The lowest BCUT2D eigenvalue weighted by molar-refractivity contribution is -0.137. The molecule has 0 spiro atoms. The van der Waals surface area contributed by atoms with Gasteiger partial charge in [-0.15, -0.1) is 0 Å². The minimum atomic E-state index is -4.21. The van der Waals surface area contributed by atoms with Crippen LogP contribution < -0.4 is 0 Å². The van der Waals surface area contributed by atoms with Crippen molar-refractivity contribution in [2.45, 2.75) is 72.9 Å². The SMILES string of the molecule is CC.CC.CC1CCCCC1.FC(F)(F)c1ccccc1. The van der Waals surface area contributed by atoms with E-state index in [2.05, 4.69) is 6.92 Å². The Morgan fingerprint density at radius 1 is 0.810 bits per heavy atom. The third-order valence-electron chi connectivity index (χ3n) is 2.99. The fourth-order valence-corrected chi connectivity index (χ4v) is 1.93. The molecule has 0 amide bonds. The second-order valence-corrected chi connectivity index (χ2v) is 4.61. The lowest BCUT2D eigenvalue weighted by atomic mass is 9.91. The van der Waals surface area contributed by atoms with Gasteiger partial charge in [0.05, 0.1) is 5.56 Å². The topological polar surface area (TPSA) is 0 Å². The first kappa shape index (κ1) is 22.3. The molecule has 0 nitrogen and oxygen atoms in total. The molecule has 0 N–H and O–H groups in total. The molecule has 0 atom stereocenters. The maximum absolute atomic E-state index is 11.8. The Morgan fingerprint density at radius 2 is 1.24 bits per heavy atom. The van der Waals surface area contributed by atoms with E-state index in [-0.39, 0.29) is 0 Å². The van der Waals surface area contributed by atoms with Gasteiger partial charge in [-0.05, 0) is 5.92 Å². The molecule has 1 aromatic carbocycles. The van der Waals surface area contributed by atoms with E-state index in [4.69, 9.17) is 0 Å². The van der Waals surface area contributed by atoms with Crippen LogP contribution in [0.2, 0.25) is 0 Å². The number of halogens is 3. The molecule has 0 bridgehead atoms. The van der Waals surface area contributed by atoms with Crippen molar-refractivity contribution in [1.29, 1.82) is 0 Å². The van der Waals surface area contributed by atoms with Gasteiger partial charge in [0.15, 0.2) is 0 Å². The fraction of sp³-hybridized carbons (Fsp3) is 0.667. The first-order chi connectivity index (χ1) is 10.00. The van der Waals surface area contributed by atoms with Crippen LogP contribution >= 0.6 is 0 Å². The molecule has 2 rings (SSSR count). The monoisotopic (exact) mass is 304 g/mol. The van der Waals surface area contributed by atoms with Crippen molar-refractivity contribution in [1.82, 2.24) is 0 Å². The van der Waals surface area contributed by atoms with E-state index in [0.29, 0.717) is 0 Å². The van der Waals surface area contributed by atoms with Crippen molar-refractivity contribution in [2.24, 2.45) is 5.92 Å². The van der Waals surface area contributed by atoms with Crippen molar-refractivity contribution in [3.8, 4) is 0 Å². The van der Waals surface area contributed by atoms with Gasteiger partial charge < -0.3 is 0 Å². The molecule has 1 saturated carbocycles. The highest BCUT2D eigenvalue weighted by Crippen LogP contribution is 2.28. The van der Waals surface area contributed by atoms with E-state index in [1.165, 1.54) is 44.2 Å². The van der Waals surface area contributed by atoms with E-state index < -0.39 is 11.7 Å². The molecule has 0 heterocycles. The van der Waals surface area contributed by atoms with Crippen LogP contribution in [0, 0.1) is 5.92 Å². The molecule has 0 saturated heterocycles. The van der Waals surface area contributed by atoms with Crippen molar-refractivity contribution < 1.29 is 13.2 Å². The molecular weight excluding hydrogens is 273 g/mol. The second-order valence-electron chi connectivity index (χ2n) is 4.61. The van der Waals surface area contributed by atoms with Crippen LogP contribution in [0.15, 0.2) is 30.3 Å². The van der Waals surface area contributed by atoms with Crippen LogP contribution in [-0.2, 0) is 6.18 Å². The van der Waals surface area contributed by atoms with Crippen molar-refractivity contribution in [2.75, 3.05) is 0 Å². The Labute approximate surface area is 128 Å². The Hall–Kier alpha value is -0.990. The van der Waals surface area contributed by atoms with Crippen LogP contribution in [0.3, 0.4) is 0 Å². The molecule has 3 heteroatoms. The van der Waals surface area contributed by atoms with Gasteiger partial charge in [-0.25, -0.2) is 0 Å². The summed E-state index contributed by atoms with van der Waals surface area (Å²) in [6, 6.07) is 6.36. The van der Waals surface area contributed by atoms with Crippen LogP contribution in [0.4, 0.5) is 13.2 Å². The van der Waals surface area contributed by atoms with E-state index >= 15 is 0 Å². The minimum absolute atomic E-state index is 0.602. The average molecular weight is 304 g/mol. The molecule has 1 aliphatic rings. The molecule has 1 aliphatic carbocycles. The maximum Gasteiger partial charge on any atom is 0.416 e. The predicted octanol–water partition coefficient (Wildman–Crippen LogP) is 7.34. The predicted molar refractivity (Wildman–Crippen MR) is 86.4 cm³/mol. The Kier molecular flexibility index (Phi) is 14.8. The third kappa shape index (κ3) is 12.5. The van der Waals surface area contributed by atoms with Gasteiger partial charge in [0.2, 0.25) is 0 Å². The zero-order valence-electron chi connectivity index (χ0n) is 14.1. The molecule has 0 radical (unpaired) electrons. The summed E-state index contributed by atoms with van der Waals surface area (Å²) in [4.78, 5) is 0. The summed E-state index contributed by atoms with van der Waals surface area (Å²) >= 11 is 0. The standard InChI is InChI=1S/C7H5F3.C7H14.2C2H6/c8-7(9,10)6-4-2-1-3-5-6;1-7-5-3-2-4-6-7;2*1-2/h1-5H;7H,2-6H2,1H3;2*1-2H3. The zero-order chi connectivity index (χ0) is 16.7. The first-order valence-corrected chi connectivity index (χ1v) is 8.12. The fourth-order valence-electron chi connectivity index (χ4n) is 1.93. The molecule has 0 aliphatic heterocycles. The zero-order valence-corrected chi connectivity index (χ0v) is 14.1. The molecule has 21 heavy (non-hydrogen) atoms. The highest BCUT2D eigenvalue weighted by molar-refractivity contribution is 5.17. The molecule has 0 unspecified atom stereocenters. The largest absolute Gasteiger partial charge is 0.416 e. The third-order valence-corrected chi connectivity index (χ3v) is 2.99. The summed E-state index contributed by atoms with van der Waals surface area (Å²) < 4.78 is 35.4. The van der Waals surface area contributed by atoms with E-state index in [1.54, 1.807) is 6.07 Å². The smallest absolute Gasteiger partial charge is 0.166 e. The van der Waals surface area contributed by atoms with E-state index in [9.17, 15) is 13.2 Å². The van der Waals surface area contributed by atoms with Crippen LogP contribution in [0.25, 0.3) is 0 Å². The van der Waals surface area contributed by atoms with Gasteiger partial charge >= 0.3 is 6.18 Å². The van der Waals surface area contributed by atoms with Crippen LogP contribution in [0.1, 0.15) is 72.3 Å². The first-order valence-electron chi connectivity index (χ1n) is 8.12. The van der Waals surface area contributed by atoms with Crippen molar-refractivity contribution in [3.05, 3.63) is 35.9 Å². The maximum atomic E-state index is 11.8. The highest BCUT2D eigenvalue weighted by atomic mass is 19.4. The van der Waals surface area contributed by atoms with Gasteiger partial charge in [0.25, 0.3) is 0 Å². The average Bonchev–Trinajstić information content (AvgIpc) is 2.53. The quantitative estimate of drug-likeness (QED) is 0.470. The number of hydrogen-bond acceptors (Lipinski definition) is 0. The normalized spacial score (nSPS) is 14.5. The number of alkyl halides is 3. The summed E-state index contributed by atoms with van der Waals surface area (Å²) in [7, 11) is 0. The Bertz CT molecular complexity index is 298. The number of rotatable bonds is 0. The summed E-state index contributed by atoms with van der Waals surface area (Å²) in [5.41, 5.74) is -0.602. The summed E-state index contributed by atoms with van der Waals surface area (Å²) in [5, 5.41) is 0. The van der Waals surface area contributed by atoms with Gasteiger partial charge in [0.1, 0.15) is 0 Å². The molecule has 124 valence electrons. The van der Waals surface area contributed by atoms with Gasteiger partial charge in [-0.1, -0.05) is 97.1 Å². The van der Waals surface area contributed by atoms with Crippen molar-refractivity contribution in [3.63, 3.8) is 0 Å². The number of benzene rings is 1. The van der Waals surface area contributed by atoms with Gasteiger partial charge in [-0.3, -0.25) is 0 Å². The van der Waals surface area contributed by atoms with Crippen LogP contribution in [0.5, 0.6) is 0 Å². The van der Waals surface area contributed by atoms with E-state index in [0.717, 1.165) is 18.1 Å². The highest BCUT2D eigenvalue weighted by Gasteiger charge is 2.29. The van der Waals surface area contributed by atoms with E-state index in [1.807, 2.05) is 27.7 Å². The molecule has 1 fully saturated rings. The van der Waals surface area contributed by atoms with Gasteiger partial charge in [-0.2, -0.15) is 13.2 Å². The molecule has 0 aromatic heterocycles. The Balaban J connectivity index is 0. The second kappa shape index (κ2) is 14.0. The summed E-state index contributed by atoms with van der Waals surface area (Å²) in [6.07, 6.45) is 3.23. The lowest BCUT2D eigenvalue weighted by Gasteiger charge is -2.15. The molecule has 1 aromatic rings. The Morgan fingerprint density at radius 3 is 1.48 bits per heavy atom.